The fourth-order valence-electron chi connectivity index (χ4n) is 3.78. The highest BCUT2D eigenvalue weighted by Gasteiger charge is 2.25. The molecule has 0 N–H and O–H groups in total. The van der Waals surface area contributed by atoms with Gasteiger partial charge in [0, 0.05) is 37.3 Å². The number of nitrogens with zero attached hydrogens (tertiary/aromatic N) is 4. The summed E-state index contributed by atoms with van der Waals surface area (Å²) in [5.74, 6) is 2.37. The van der Waals surface area contributed by atoms with Crippen LogP contribution in [0.2, 0.25) is 0 Å². The molecule has 1 amide bonds. The van der Waals surface area contributed by atoms with Gasteiger partial charge >= 0.3 is 0 Å². The number of methoxy groups -OCH3 is 2. The summed E-state index contributed by atoms with van der Waals surface area (Å²) in [4.78, 5) is 22.7. The topological polar surface area (TPSA) is 80.9 Å². The van der Waals surface area contributed by atoms with Crippen LogP contribution in [0.15, 0.2) is 46.8 Å². The zero-order chi connectivity index (χ0) is 22.5. The van der Waals surface area contributed by atoms with Crippen molar-refractivity contribution in [3.63, 3.8) is 0 Å². The summed E-state index contributed by atoms with van der Waals surface area (Å²) in [6.07, 6.45) is 2.37. The monoisotopic (exact) mass is 454 g/mol. The molecule has 0 spiro atoms. The number of benzene rings is 1. The Morgan fingerprint density at radius 1 is 1.25 bits per heavy atom. The highest BCUT2D eigenvalue weighted by atomic mass is 32.1. The zero-order valence-corrected chi connectivity index (χ0v) is 19.1. The van der Waals surface area contributed by atoms with Gasteiger partial charge in [0.25, 0.3) is 5.91 Å². The summed E-state index contributed by atoms with van der Waals surface area (Å²) < 4.78 is 16.3. The minimum Gasteiger partial charge on any atom is -0.493 e. The largest absolute Gasteiger partial charge is 0.493 e. The molecule has 1 aliphatic heterocycles. The minimum absolute atomic E-state index is 0.0197. The second-order valence-corrected chi connectivity index (χ2v) is 8.37. The van der Waals surface area contributed by atoms with Crippen molar-refractivity contribution in [1.29, 1.82) is 0 Å². The summed E-state index contributed by atoms with van der Waals surface area (Å²) in [5, 5.41) is 6.05. The van der Waals surface area contributed by atoms with Gasteiger partial charge in [0.05, 0.1) is 25.6 Å². The van der Waals surface area contributed by atoms with Gasteiger partial charge in [-0.05, 0) is 30.0 Å². The standard InChI is InChI=1S/C23H26N4O4S/c1-4-6-16-13-17(14-18(29-2)21(16)30-3)23(28)27-10-8-26(9-11-27)15-20-24-22(25-31-20)19-7-5-12-32-19/h4-5,7,12-14H,1,6,8-11,15H2,2-3H3. The lowest BCUT2D eigenvalue weighted by atomic mass is 10.0. The van der Waals surface area contributed by atoms with Gasteiger partial charge in [-0.3, -0.25) is 9.69 Å². The quantitative estimate of drug-likeness (QED) is 0.482. The van der Waals surface area contributed by atoms with Crippen molar-refractivity contribution < 1.29 is 18.8 Å². The Labute approximate surface area is 191 Å². The van der Waals surface area contributed by atoms with Crippen molar-refractivity contribution in [2.45, 2.75) is 13.0 Å². The molecule has 0 saturated carbocycles. The molecule has 0 bridgehead atoms. The van der Waals surface area contributed by atoms with Gasteiger partial charge in [-0.1, -0.05) is 17.3 Å². The van der Waals surface area contributed by atoms with E-state index in [1.807, 2.05) is 28.5 Å². The number of carbonyl (C=O) groups is 1. The minimum atomic E-state index is -0.0197. The Balaban J connectivity index is 1.39. The number of ether oxygens (including phenoxy) is 2. The second kappa shape index (κ2) is 9.97. The fourth-order valence-corrected chi connectivity index (χ4v) is 4.43. The van der Waals surface area contributed by atoms with Crippen molar-refractivity contribution in [2.24, 2.45) is 0 Å². The molecule has 0 atom stereocenters. The van der Waals surface area contributed by atoms with E-state index in [9.17, 15) is 4.79 Å². The molecule has 2 aromatic heterocycles. The van der Waals surface area contributed by atoms with Crippen LogP contribution in [0.3, 0.4) is 0 Å². The lowest BCUT2D eigenvalue weighted by Gasteiger charge is -2.34. The molecule has 1 aliphatic rings. The van der Waals surface area contributed by atoms with Gasteiger partial charge in [-0.25, -0.2) is 0 Å². The Morgan fingerprint density at radius 3 is 2.72 bits per heavy atom. The van der Waals surface area contributed by atoms with Crippen molar-refractivity contribution in [3.8, 4) is 22.2 Å². The molecule has 3 aromatic rings. The van der Waals surface area contributed by atoms with Crippen LogP contribution in [0.4, 0.5) is 0 Å². The lowest BCUT2D eigenvalue weighted by molar-refractivity contribution is 0.0614. The molecule has 168 valence electrons. The fraction of sp³-hybridized carbons (Fsp3) is 0.348. The van der Waals surface area contributed by atoms with Crippen LogP contribution in [0.1, 0.15) is 21.8 Å². The molecule has 1 fully saturated rings. The van der Waals surface area contributed by atoms with E-state index in [1.165, 1.54) is 0 Å². The summed E-state index contributed by atoms with van der Waals surface area (Å²) in [6, 6.07) is 7.54. The molecular formula is C23H26N4O4S. The Hall–Kier alpha value is -3.17. The molecular weight excluding hydrogens is 428 g/mol. The Bertz CT molecular complexity index is 1070. The predicted octanol–water partition coefficient (Wildman–Crippen LogP) is 3.50. The highest BCUT2D eigenvalue weighted by molar-refractivity contribution is 7.13. The van der Waals surface area contributed by atoms with Gasteiger partial charge in [-0.2, -0.15) is 4.98 Å². The van der Waals surface area contributed by atoms with Gasteiger partial charge in [0.2, 0.25) is 11.7 Å². The number of hydrogen-bond acceptors (Lipinski definition) is 8. The second-order valence-electron chi connectivity index (χ2n) is 7.42. The van der Waals surface area contributed by atoms with Crippen LogP contribution in [0.25, 0.3) is 10.7 Å². The smallest absolute Gasteiger partial charge is 0.254 e. The summed E-state index contributed by atoms with van der Waals surface area (Å²) in [7, 11) is 3.17. The van der Waals surface area contributed by atoms with E-state index in [0.717, 1.165) is 23.5 Å². The molecule has 3 heterocycles. The van der Waals surface area contributed by atoms with E-state index < -0.39 is 0 Å². The number of aromatic nitrogens is 2. The van der Waals surface area contributed by atoms with Gasteiger partial charge in [0.1, 0.15) is 0 Å². The molecule has 0 unspecified atom stereocenters. The Kier molecular flexibility index (Phi) is 6.87. The third kappa shape index (κ3) is 4.68. The molecule has 1 saturated heterocycles. The van der Waals surface area contributed by atoms with E-state index >= 15 is 0 Å². The molecule has 9 heteroatoms. The number of rotatable bonds is 8. The number of allylic oxidation sites excluding steroid dienone is 1. The maximum Gasteiger partial charge on any atom is 0.254 e. The van der Waals surface area contributed by atoms with E-state index in [-0.39, 0.29) is 5.91 Å². The summed E-state index contributed by atoms with van der Waals surface area (Å²) >= 11 is 1.58. The van der Waals surface area contributed by atoms with Crippen LogP contribution >= 0.6 is 11.3 Å². The number of amides is 1. The zero-order valence-electron chi connectivity index (χ0n) is 18.2. The summed E-state index contributed by atoms with van der Waals surface area (Å²) in [5.41, 5.74) is 1.47. The maximum atomic E-state index is 13.2. The number of piperazine rings is 1. The third-order valence-corrected chi connectivity index (χ3v) is 6.26. The molecule has 32 heavy (non-hydrogen) atoms. The number of hydrogen-bond donors (Lipinski definition) is 0. The molecule has 0 radical (unpaired) electrons. The van der Waals surface area contributed by atoms with Crippen LogP contribution in [-0.4, -0.2) is 66.2 Å². The van der Waals surface area contributed by atoms with E-state index in [1.54, 1.807) is 37.7 Å². The normalized spacial score (nSPS) is 14.4. The van der Waals surface area contributed by atoms with Gasteiger partial charge < -0.3 is 18.9 Å². The van der Waals surface area contributed by atoms with Crippen molar-refractivity contribution in [2.75, 3.05) is 40.4 Å². The number of thiophene rings is 1. The predicted molar refractivity (Wildman–Crippen MR) is 122 cm³/mol. The van der Waals surface area contributed by atoms with Crippen LogP contribution < -0.4 is 9.47 Å². The molecule has 0 aliphatic carbocycles. The molecule has 1 aromatic carbocycles. The first-order chi connectivity index (χ1) is 15.6. The van der Waals surface area contributed by atoms with E-state index in [2.05, 4.69) is 21.6 Å². The highest BCUT2D eigenvalue weighted by Crippen LogP contribution is 2.33. The maximum absolute atomic E-state index is 13.2. The first-order valence-corrected chi connectivity index (χ1v) is 11.2. The van der Waals surface area contributed by atoms with Gasteiger partial charge in [-0.15, -0.1) is 17.9 Å². The first kappa shape index (κ1) is 22.0. The van der Waals surface area contributed by atoms with E-state index in [4.69, 9.17) is 14.0 Å². The van der Waals surface area contributed by atoms with Crippen molar-refractivity contribution >= 4 is 17.2 Å². The van der Waals surface area contributed by atoms with Crippen molar-refractivity contribution in [3.05, 3.63) is 59.3 Å². The van der Waals surface area contributed by atoms with Crippen LogP contribution in [0, 0.1) is 0 Å². The first-order valence-electron chi connectivity index (χ1n) is 10.4. The SMILES string of the molecule is C=CCc1cc(C(=O)N2CCN(Cc3nc(-c4cccs4)no3)CC2)cc(OC)c1OC. The average Bonchev–Trinajstić information content (AvgIpc) is 3.51. The van der Waals surface area contributed by atoms with Crippen LogP contribution in [-0.2, 0) is 13.0 Å². The average molecular weight is 455 g/mol. The molecule has 8 nitrogen and oxygen atoms in total. The lowest BCUT2D eigenvalue weighted by Crippen LogP contribution is -2.48. The van der Waals surface area contributed by atoms with Crippen LogP contribution in [0.5, 0.6) is 11.5 Å². The Morgan fingerprint density at radius 2 is 2.06 bits per heavy atom. The van der Waals surface area contributed by atoms with E-state index in [0.29, 0.717) is 54.8 Å². The number of carbonyl (C=O) groups excluding carboxylic acids is 1. The third-order valence-electron chi connectivity index (χ3n) is 5.40. The van der Waals surface area contributed by atoms with Gasteiger partial charge in [0.15, 0.2) is 11.5 Å². The summed E-state index contributed by atoms with van der Waals surface area (Å²) in [6.45, 7) is 7.07. The van der Waals surface area contributed by atoms with Crippen molar-refractivity contribution in [1.82, 2.24) is 19.9 Å². The molecule has 4 rings (SSSR count).